The molecule has 2 aromatic heterocycles. The third-order valence-corrected chi connectivity index (χ3v) is 3.56. The number of unbranched alkanes of at least 4 members (excludes halogenated alkanes) is 1. The Balaban J connectivity index is 1.44. The van der Waals surface area contributed by atoms with Gasteiger partial charge in [-0.3, -0.25) is 4.98 Å². The fraction of sp³-hybridized carbons (Fsp3) is 0.263. The Kier molecular flexibility index (Phi) is 5.11. The molecule has 0 aliphatic carbocycles. The van der Waals surface area contributed by atoms with Crippen LogP contribution in [0.1, 0.15) is 18.5 Å². The maximum atomic E-state index is 11.8. The van der Waals surface area contributed by atoms with Gasteiger partial charge in [0.2, 0.25) is 5.75 Å². The van der Waals surface area contributed by atoms with Crippen molar-refractivity contribution in [3.63, 3.8) is 0 Å². The molecule has 5 heteroatoms. The van der Waals surface area contributed by atoms with Gasteiger partial charge in [-0.25, -0.2) is 4.79 Å². The van der Waals surface area contributed by atoms with Gasteiger partial charge in [0, 0.05) is 11.1 Å². The number of ether oxygens (including phenoxy) is 2. The van der Waals surface area contributed by atoms with E-state index in [9.17, 15) is 4.79 Å². The summed E-state index contributed by atoms with van der Waals surface area (Å²) in [7, 11) is 0. The molecule has 0 radical (unpaired) electrons. The number of fused-ring (bicyclic) bond motifs is 1. The predicted molar refractivity (Wildman–Crippen MR) is 91.7 cm³/mol. The fourth-order valence-electron chi connectivity index (χ4n) is 2.26. The Hall–Kier alpha value is -2.82. The van der Waals surface area contributed by atoms with Crippen LogP contribution in [0.2, 0.25) is 0 Å². The number of para-hydroxylation sites is 1. The topological polar surface area (TPSA) is 61.6 Å². The smallest absolute Gasteiger partial charge is 0.379 e. The molecule has 0 fully saturated rings. The molecule has 0 atom stereocenters. The second-order valence-corrected chi connectivity index (χ2v) is 5.48. The summed E-state index contributed by atoms with van der Waals surface area (Å²) in [6.45, 7) is 2.96. The largest absolute Gasteiger partial charge is 0.492 e. The van der Waals surface area contributed by atoms with E-state index in [1.165, 1.54) is 0 Å². The van der Waals surface area contributed by atoms with Crippen LogP contribution in [0.15, 0.2) is 57.9 Å². The van der Waals surface area contributed by atoms with Crippen LogP contribution in [0.4, 0.5) is 0 Å². The molecule has 0 bridgehead atoms. The molecule has 0 unspecified atom stereocenters. The van der Waals surface area contributed by atoms with Gasteiger partial charge < -0.3 is 13.9 Å². The Morgan fingerprint density at radius 2 is 1.83 bits per heavy atom. The summed E-state index contributed by atoms with van der Waals surface area (Å²) in [5, 5.41) is 0.849. The molecular weight excluding hydrogens is 306 g/mol. The monoisotopic (exact) mass is 325 g/mol. The number of hydrogen-bond donors (Lipinski definition) is 0. The molecule has 0 aliphatic rings. The summed E-state index contributed by atoms with van der Waals surface area (Å²) in [4.78, 5) is 16.0. The van der Waals surface area contributed by atoms with Crippen molar-refractivity contribution < 1.29 is 13.9 Å². The van der Waals surface area contributed by atoms with Crippen molar-refractivity contribution in [2.75, 3.05) is 13.2 Å². The Labute approximate surface area is 139 Å². The number of rotatable bonds is 7. The molecule has 0 spiro atoms. The van der Waals surface area contributed by atoms with Gasteiger partial charge in [-0.15, -0.1) is 0 Å². The number of nitrogens with zero attached hydrogens (tertiary/aromatic N) is 1. The molecule has 24 heavy (non-hydrogen) atoms. The van der Waals surface area contributed by atoms with Crippen molar-refractivity contribution in [3.8, 4) is 11.5 Å². The lowest BCUT2D eigenvalue weighted by Crippen LogP contribution is -2.09. The predicted octanol–water partition coefficient (Wildman–Crippen LogP) is 3.73. The molecule has 0 saturated carbocycles. The van der Waals surface area contributed by atoms with Crippen molar-refractivity contribution >= 4 is 11.0 Å². The van der Waals surface area contributed by atoms with Gasteiger partial charge in [-0.1, -0.05) is 18.2 Å². The highest BCUT2D eigenvalue weighted by Gasteiger charge is 2.05. The molecule has 0 saturated heterocycles. The van der Waals surface area contributed by atoms with Crippen LogP contribution in [-0.2, 0) is 0 Å². The van der Waals surface area contributed by atoms with Crippen molar-refractivity contribution in [1.29, 1.82) is 0 Å². The van der Waals surface area contributed by atoms with Crippen LogP contribution in [0, 0.1) is 6.92 Å². The fourth-order valence-corrected chi connectivity index (χ4v) is 2.26. The van der Waals surface area contributed by atoms with Gasteiger partial charge >= 0.3 is 5.63 Å². The minimum atomic E-state index is -0.448. The van der Waals surface area contributed by atoms with Crippen LogP contribution in [0.5, 0.6) is 11.5 Å². The van der Waals surface area contributed by atoms with Crippen LogP contribution < -0.4 is 15.1 Å². The normalized spacial score (nSPS) is 10.7. The summed E-state index contributed by atoms with van der Waals surface area (Å²) in [6.07, 6.45) is 3.32. The van der Waals surface area contributed by atoms with E-state index in [-0.39, 0.29) is 5.75 Å². The van der Waals surface area contributed by atoms with Crippen molar-refractivity contribution in [2.45, 2.75) is 19.8 Å². The summed E-state index contributed by atoms with van der Waals surface area (Å²) in [6, 6.07) is 12.9. The SMILES string of the molecule is Cc1ccc(OCCCCOc2cc3ccccc3oc2=O)cn1. The Morgan fingerprint density at radius 3 is 2.62 bits per heavy atom. The summed E-state index contributed by atoms with van der Waals surface area (Å²) >= 11 is 0. The van der Waals surface area contributed by atoms with Gasteiger partial charge in [0.15, 0.2) is 0 Å². The lowest BCUT2D eigenvalue weighted by molar-refractivity contribution is 0.260. The Morgan fingerprint density at radius 1 is 1.04 bits per heavy atom. The van der Waals surface area contributed by atoms with E-state index < -0.39 is 5.63 Å². The lowest BCUT2D eigenvalue weighted by atomic mass is 10.2. The summed E-state index contributed by atoms with van der Waals surface area (Å²) in [5.41, 5.74) is 1.08. The molecule has 124 valence electrons. The first-order chi connectivity index (χ1) is 11.7. The van der Waals surface area contributed by atoms with Crippen LogP contribution in [0.25, 0.3) is 11.0 Å². The molecule has 3 rings (SSSR count). The van der Waals surface area contributed by atoms with E-state index in [1.54, 1.807) is 18.3 Å². The van der Waals surface area contributed by atoms with E-state index >= 15 is 0 Å². The van der Waals surface area contributed by atoms with Crippen molar-refractivity contribution in [2.24, 2.45) is 0 Å². The van der Waals surface area contributed by atoms with E-state index in [0.29, 0.717) is 18.8 Å². The highest BCUT2D eigenvalue weighted by atomic mass is 16.5. The van der Waals surface area contributed by atoms with Crippen LogP contribution in [-0.4, -0.2) is 18.2 Å². The minimum absolute atomic E-state index is 0.248. The summed E-state index contributed by atoms with van der Waals surface area (Å²) in [5.74, 6) is 1.01. The maximum absolute atomic E-state index is 11.8. The quantitative estimate of drug-likeness (QED) is 0.489. The molecule has 2 heterocycles. The van der Waals surface area contributed by atoms with Crippen LogP contribution >= 0.6 is 0 Å². The third-order valence-electron chi connectivity index (χ3n) is 3.56. The maximum Gasteiger partial charge on any atom is 0.379 e. The minimum Gasteiger partial charge on any atom is -0.492 e. The molecule has 1 aromatic carbocycles. The zero-order valence-corrected chi connectivity index (χ0v) is 13.5. The second-order valence-electron chi connectivity index (χ2n) is 5.48. The zero-order valence-electron chi connectivity index (χ0n) is 13.5. The Bertz CT molecular complexity index is 855. The van der Waals surface area contributed by atoms with Gasteiger partial charge in [0.25, 0.3) is 0 Å². The van der Waals surface area contributed by atoms with E-state index in [2.05, 4.69) is 4.98 Å². The van der Waals surface area contributed by atoms with E-state index in [0.717, 1.165) is 29.7 Å². The average Bonchev–Trinajstić information content (AvgIpc) is 2.60. The van der Waals surface area contributed by atoms with E-state index in [4.69, 9.17) is 13.9 Å². The van der Waals surface area contributed by atoms with E-state index in [1.807, 2.05) is 37.3 Å². The first-order valence-electron chi connectivity index (χ1n) is 7.93. The van der Waals surface area contributed by atoms with Crippen molar-refractivity contribution in [3.05, 3.63) is 64.8 Å². The highest BCUT2D eigenvalue weighted by molar-refractivity contribution is 5.77. The average molecular weight is 325 g/mol. The number of aryl methyl sites for hydroxylation is 1. The molecule has 0 N–H and O–H groups in total. The van der Waals surface area contributed by atoms with Gasteiger partial charge in [0.1, 0.15) is 11.3 Å². The molecule has 3 aromatic rings. The van der Waals surface area contributed by atoms with Gasteiger partial charge in [-0.2, -0.15) is 0 Å². The summed E-state index contributed by atoms with van der Waals surface area (Å²) < 4.78 is 16.4. The van der Waals surface area contributed by atoms with Gasteiger partial charge in [-0.05, 0) is 44.0 Å². The van der Waals surface area contributed by atoms with Crippen molar-refractivity contribution in [1.82, 2.24) is 4.98 Å². The molecular formula is C19H19NO4. The number of pyridine rings is 1. The van der Waals surface area contributed by atoms with Crippen LogP contribution in [0.3, 0.4) is 0 Å². The third kappa shape index (κ3) is 4.13. The first kappa shape index (κ1) is 16.1. The first-order valence-corrected chi connectivity index (χ1v) is 7.93. The number of hydrogen-bond acceptors (Lipinski definition) is 5. The lowest BCUT2D eigenvalue weighted by Gasteiger charge is -2.07. The molecule has 0 amide bonds. The van der Waals surface area contributed by atoms with Gasteiger partial charge in [0.05, 0.1) is 19.4 Å². The zero-order chi connectivity index (χ0) is 16.8. The number of benzene rings is 1. The number of aromatic nitrogens is 1. The second kappa shape index (κ2) is 7.64. The molecule has 0 aliphatic heterocycles. The standard InChI is InChI=1S/C19H19NO4/c1-14-8-9-16(13-20-14)22-10-4-5-11-23-18-12-15-6-2-3-7-17(15)24-19(18)21/h2-3,6-9,12-13H,4-5,10-11H2,1H3. The molecule has 5 nitrogen and oxygen atoms in total. The highest BCUT2D eigenvalue weighted by Crippen LogP contribution is 2.16.